The van der Waals surface area contributed by atoms with Gasteiger partial charge in [0, 0.05) is 22.6 Å². The van der Waals surface area contributed by atoms with Gasteiger partial charge in [-0.1, -0.05) is 174 Å². The van der Waals surface area contributed by atoms with E-state index in [0.29, 0.717) is 0 Å². The zero-order valence-electron chi connectivity index (χ0n) is 36.9. The lowest BCUT2D eigenvalue weighted by molar-refractivity contribution is 0.588. The minimum atomic E-state index is -0.141. The van der Waals surface area contributed by atoms with Crippen molar-refractivity contribution in [1.82, 2.24) is 0 Å². The molecule has 0 spiro atoms. The first-order valence-electron chi connectivity index (χ1n) is 21.3. The van der Waals surface area contributed by atoms with Gasteiger partial charge in [-0.25, -0.2) is 0 Å². The van der Waals surface area contributed by atoms with Crippen LogP contribution in [0.4, 0.5) is 17.1 Å². The molecule has 5 aromatic carbocycles. The molecule has 0 aliphatic heterocycles. The van der Waals surface area contributed by atoms with Gasteiger partial charge in [0.1, 0.15) is 0 Å². The molecule has 57 heavy (non-hydrogen) atoms. The highest BCUT2D eigenvalue weighted by Crippen LogP contribution is 2.54. The van der Waals surface area contributed by atoms with Crippen molar-refractivity contribution in [3.63, 3.8) is 0 Å². The average molecular weight is 755 g/mol. The minimum Gasteiger partial charge on any atom is -0.375 e. The van der Waals surface area contributed by atoms with Gasteiger partial charge in [0.25, 0.3) is 0 Å². The van der Waals surface area contributed by atoms with E-state index in [4.69, 9.17) is 0 Å². The molecule has 0 unspecified atom stereocenters. The molecule has 2 heteroatoms. The van der Waals surface area contributed by atoms with E-state index in [2.05, 4.69) is 221 Å². The fourth-order valence-corrected chi connectivity index (χ4v) is 8.16. The molecule has 0 amide bonds. The second-order valence-corrected chi connectivity index (χ2v) is 20.9. The van der Waals surface area contributed by atoms with Crippen LogP contribution in [0.5, 0.6) is 0 Å². The zero-order valence-corrected chi connectivity index (χ0v) is 36.9. The van der Waals surface area contributed by atoms with E-state index < -0.39 is 0 Å². The molecule has 1 fully saturated rings. The van der Waals surface area contributed by atoms with E-state index in [1.165, 1.54) is 72.8 Å². The van der Waals surface area contributed by atoms with Crippen LogP contribution in [0.1, 0.15) is 142 Å². The number of nitrogens with zero attached hydrogens (tertiary/aromatic N) is 1. The Hall–Kier alpha value is -4.82. The van der Waals surface area contributed by atoms with Crippen LogP contribution in [0.25, 0.3) is 16.7 Å². The second kappa shape index (κ2) is 14.8. The Morgan fingerprint density at radius 3 is 1.33 bits per heavy atom. The van der Waals surface area contributed by atoms with Gasteiger partial charge >= 0.3 is 0 Å². The largest absolute Gasteiger partial charge is 0.375 e. The third-order valence-electron chi connectivity index (χ3n) is 12.2. The standard InChI is InChI=1S/C55H66N2/c1-51(2,3)42-21-13-38(14-22-42)40-17-30-47(31-18-40)57(48-32-19-41(20-33-48)39-15-23-43(24-16-39)52(4,5)6)50-34-27-45(54(10,11)12)37-49(50)55(35-36-55)56-46-28-25-44(26-29-46)53(7,8)9/h13-19,21-32,34,37,56H,20,33,35-36H2,1-12H3. The third-order valence-corrected chi connectivity index (χ3v) is 12.2. The summed E-state index contributed by atoms with van der Waals surface area (Å²) in [6.07, 6.45) is 8.90. The molecule has 0 aromatic heterocycles. The highest BCUT2D eigenvalue weighted by atomic mass is 15.2. The molecule has 0 bridgehead atoms. The van der Waals surface area contributed by atoms with Crippen molar-refractivity contribution in [2.24, 2.45) is 0 Å². The number of allylic oxidation sites excluding steroid dienone is 4. The van der Waals surface area contributed by atoms with E-state index in [9.17, 15) is 0 Å². The molecule has 1 saturated carbocycles. The maximum atomic E-state index is 4.08. The van der Waals surface area contributed by atoms with Crippen molar-refractivity contribution in [3.05, 3.63) is 166 Å². The molecule has 296 valence electrons. The van der Waals surface area contributed by atoms with Crippen LogP contribution in [-0.4, -0.2) is 0 Å². The topological polar surface area (TPSA) is 15.3 Å². The fraction of sp³-hybridized carbons (Fsp3) is 0.382. The van der Waals surface area contributed by atoms with Gasteiger partial charge in [-0.2, -0.15) is 0 Å². The molecule has 0 saturated heterocycles. The van der Waals surface area contributed by atoms with Gasteiger partial charge in [0.05, 0.1) is 11.2 Å². The number of nitrogens with one attached hydrogen (secondary N) is 1. The van der Waals surface area contributed by atoms with Crippen LogP contribution in [0, 0.1) is 0 Å². The summed E-state index contributed by atoms with van der Waals surface area (Å²) in [7, 11) is 0. The average Bonchev–Trinajstić information content (AvgIpc) is 3.94. The fourth-order valence-electron chi connectivity index (χ4n) is 8.16. The molecule has 2 aliphatic carbocycles. The Morgan fingerprint density at radius 1 is 0.456 bits per heavy atom. The van der Waals surface area contributed by atoms with Crippen molar-refractivity contribution < 1.29 is 0 Å². The summed E-state index contributed by atoms with van der Waals surface area (Å²) >= 11 is 0. The first kappa shape index (κ1) is 40.4. The van der Waals surface area contributed by atoms with E-state index >= 15 is 0 Å². The maximum absolute atomic E-state index is 4.08. The van der Waals surface area contributed by atoms with Crippen molar-refractivity contribution >= 4 is 22.6 Å². The Morgan fingerprint density at radius 2 is 0.895 bits per heavy atom. The number of rotatable bonds is 8. The Balaban J connectivity index is 1.32. The van der Waals surface area contributed by atoms with Crippen molar-refractivity contribution in [2.75, 3.05) is 10.2 Å². The molecule has 0 radical (unpaired) electrons. The third kappa shape index (κ3) is 8.86. The summed E-state index contributed by atoms with van der Waals surface area (Å²) in [4.78, 5) is 2.56. The van der Waals surface area contributed by atoms with Crippen LogP contribution in [0.2, 0.25) is 0 Å². The van der Waals surface area contributed by atoms with Crippen LogP contribution in [0.3, 0.4) is 0 Å². The molecule has 2 nitrogen and oxygen atoms in total. The second-order valence-electron chi connectivity index (χ2n) is 20.9. The lowest BCUT2D eigenvalue weighted by Gasteiger charge is -2.35. The molecular formula is C55H66N2. The van der Waals surface area contributed by atoms with E-state index in [1.807, 2.05) is 0 Å². The van der Waals surface area contributed by atoms with Gasteiger partial charge in [0.2, 0.25) is 0 Å². The van der Waals surface area contributed by atoms with Crippen LogP contribution < -0.4 is 10.2 Å². The maximum Gasteiger partial charge on any atom is 0.0647 e. The summed E-state index contributed by atoms with van der Waals surface area (Å²) in [5, 5.41) is 4.08. The molecule has 1 N–H and O–H groups in total. The summed E-state index contributed by atoms with van der Waals surface area (Å²) < 4.78 is 0. The summed E-state index contributed by atoms with van der Waals surface area (Å²) in [6.45, 7) is 27.5. The lowest BCUT2D eigenvalue weighted by atomic mass is 9.84. The first-order valence-corrected chi connectivity index (χ1v) is 21.3. The SMILES string of the molecule is CC(C)(C)c1ccc(NC2(c3cc(C(C)(C)C)ccc3N(C3=CC=C(c4ccc(C(C)(C)C)cc4)CC3)c3ccc(-c4ccc(C(C)(C)C)cc4)cc3)CC2)cc1. The lowest BCUT2D eigenvalue weighted by Crippen LogP contribution is -2.26. The van der Waals surface area contributed by atoms with E-state index in [-0.39, 0.29) is 27.2 Å². The number of hydrogen-bond acceptors (Lipinski definition) is 2. The first-order chi connectivity index (χ1) is 26.7. The molecular weight excluding hydrogens is 689 g/mol. The van der Waals surface area contributed by atoms with Crippen molar-refractivity contribution in [1.29, 1.82) is 0 Å². The summed E-state index contributed by atoms with van der Waals surface area (Å²) in [5.74, 6) is 0. The van der Waals surface area contributed by atoms with Gasteiger partial charge in [0.15, 0.2) is 0 Å². The van der Waals surface area contributed by atoms with Gasteiger partial charge in [-0.05, 0) is 128 Å². The molecule has 0 atom stereocenters. The molecule has 2 aliphatic rings. The summed E-state index contributed by atoms with van der Waals surface area (Å²) in [5.41, 5.74) is 17.3. The summed E-state index contributed by atoms with van der Waals surface area (Å²) in [6, 6.07) is 44.1. The van der Waals surface area contributed by atoms with Gasteiger partial charge in [-0.3, -0.25) is 0 Å². The number of hydrogen-bond donors (Lipinski definition) is 1. The smallest absolute Gasteiger partial charge is 0.0647 e. The van der Waals surface area contributed by atoms with Gasteiger partial charge in [-0.15, -0.1) is 0 Å². The predicted molar refractivity (Wildman–Crippen MR) is 248 cm³/mol. The predicted octanol–water partition coefficient (Wildman–Crippen LogP) is 15.5. The normalized spacial score (nSPS) is 15.8. The highest BCUT2D eigenvalue weighted by Gasteiger charge is 2.47. The van der Waals surface area contributed by atoms with E-state index in [1.54, 1.807) is 0 Å². The number of benzene rings is 5. The molecule has 0 heterocycles. The van der Waals surface area contributed by atoms with Crippen molar-refractivity contribution in [2.45, 2.75) is 136 Å². The Bertz CT molecular complexity index is 2250. The quantitative estimate of drug-likeness (QED) is 0.170. The Labute approximate surface area is 345 Å². The monoisotopic (exact) mass is 755 g/mol. The highest BCUT2D eigenvalue weighted by molar-refractivity contribution is 5.79. The van der Waals surface area contributed by atoms with Crippen LogP contribution >= 0.6 is 0 Å². The van der Waals surface area contributed by atoms with Gasteiger partial charge < -0.3 is 10.2 Å². The minimum absolute atomic E-state index is 0.0248. The van der Waals surface area contributed by atoms with Crippen LogP contribution in [-0.2, 0) is 27.2 Å². The van der Waals surface area contributed by atoms with Crippen LogP contribution in [0.15, 0.2) is 133 Å². The Kier molecular flexibility index (Phi) is 10.5. The molecule has 5 aromatic rings. The van der Waals surface area contributed by atoms with Crippen molar-refractivity contribution in [3.8, 4) is 11.1 Å². The number of anilines is 3. The molecule has 7 rings (SSSR count). The zero-order chi connectivity index (χ0) is 41.0. The van der Waals surface area contributed by atoms with E-state index in [0.717, 1.165) is 25.7 Å².